The van der Waals surface area contributed by atoms with Crippen LogP contribution in [0, 0.1) is 0 Å². The third kappa shape index (κ3) is 4.26. The number of nitrogens with zero attached hydrogens (tertiary/aromatic N) is 1. The molecule has 0 saturated carbocycles. The lowest BCUT2D eigenvalue weighted by atomic mass is 9.79. The Kier molecular flexibility index (Phi) is 6.18. The van der Waals surface area contributed by atoms with Gasteiger partial charge in [-0.25, -0.2) is 0 Å². The summed E-state index contributed by atoms with van der Waals surface area (Å²) in [5.41, 5.74) is 3.64. The van der Waals surface area contributed by atoms with E-state index in [1.54, 1.807) is 12.1 Å². The number of piperidine rings is 1. The molecule has 0 aliphatic carbocycles. The molecule has 154 valence electrons. The zero-order chi connectivity index (χ0) is 21.1. The summed E-state index contributed by atoms with van der Waals surface area (Å²) in [6, 6.07) is 19.5. The van der Waals surface area contributed by atoms with E-state index in [0.717, 1.165) is 43.2 Å². The maximum atomic E-state index is 13.3. The highest BCUT2D eigenvalue weighted by Crippen LogP contribution is 2.30. The van der Waals surface area contributed by atoms with Crippen molar-refractivity contribution in [3.05, 3.63) is 77.4 Å². The molecule has 3 aromatic carbocycles. The number of rotatable bonds is 5. The van der Waals surface area contributed by atoms with Crippen LogP contribution in [-0.4, -0.2) is 48.1 Å². The summed E-state index contributed by atoms with van der Waals surface area (Å²) >= 11 is 0. The molecule has 4 rings (SSSR count). The third-order valence-corrected chi connectivity index (χ3v) is 6.02. The number of benzene rings is 3. The SMILES string of the molecule is CNCc1cccc(C2CCN(C(=O)c3cccc4ccc(B(O)O)cc34)CC2)c1. The van der Waals surface area contributed by atoms with Crippen LogP contribution < -0.4 is 10.8 Å². The van der Waals surface area contributed by atoms with Gasteiger partial charge in [-0.1, -0.05) is 54.6 Å². The topological polar surface area (TPSA) is 72.8 Å². The molecule has 0 unspecified atom stereocenters. The molecule has 1 heterocycles. The summed E-state index contributed by atoms with van der Waals surface area (Å²) in [4.78, 5) is 15.2. The van der Waals surface area contributed by atoms with Gasteiger partial charge in [-0.2, -0.15) is 0 Å². The molecule has 1 saturated heterocycles. The van der Waals surface area contributed by atoms with Gasteiger partial charge in [-0.15, -0.1) is 0 Å². The molecule has 1 amide bonds. The molecule has 1 fully saturated rings. The largest absolute Gasteiger partial charge is 0.488 e. The van der Waals surface area contributed by atoms with Crippen LogP contribution in [-0.2, 0) is 6.54 Å². The van der Waals surface area contributed by atoms with E-state index in [1.807, 2.05) is 36.2 Å². The average molecular weight is 402 g/mol. The molecular formula is C24H27BN2O3. The third-order valence-electron chi connectivity index (χ3n) is 6.02. The normalized spacial score (nSPS) is 14.8. The molecule has 0 atom stereocenters. The van der Waals surface area contributed by atoms with E-state index in [4.69, 9.17) is 0 Å². The molecule has 1 aliphatic rings. The van der Waals surface area contributed by atoms with Gasteiger partial charge in [0.25, 0.3) is 5.91 Å². The van der Waals surface area contributed by atoms with Crippen molar-refractivity contribution in [1.29, 1.82) is 0 Å². The molecule has 0 aromatic heterocycles. The molecule has 0 spiro atoms. The Bertz CT molecular complexity index is 1050. The van der Waals surface area contributed by atoms with Crippen LogP contribution in [0.3, 0.4) is 0 Å². The first kappa shape index (κ1) is 20.6. The highest BCUT2D eigenvalue weighted by molar-refractivity contribution is 6.59. The van der Waals surface area contributed by atoms with E-state index >= 15 is 0 Å². The van der Waals surface area contributed by atoms with Gasteiger partial charge < -0.3 is 20.3 Å². The monoisotopic (exact) mass is 402 g/mol. The van der Waals surface area contributed by atoms with Crippen LogP contribution in [0.5, 0.6) is 0 Å². The van der Waals surface area contributed by atoms with E-state index in [0.29, 0.717) is 16.9 Å². The van der Waals surface area contributed by atoms with Crippen LogP contribution in [0.25, 0.3) is 10.8 Å². The number of fused-ring (bicyclic) bond motifs is 1. The summed E-state index contributed by atoms with van der Waals surface area (Å²) in [6.07, 6.45) is 1.89. The molecule has 5 nitrogen and oxygen atoms in total. The van der Waals surface area contributed by atoms with Crippen LogP contribution in [0.2, 0.25) is 0 Å². The van der Waals surface area contributed by atoms with Gasteiger partial charge in [-0.05, 0) is 59.2 Å². The zero-order valence-electron chi connectivity index (χ0n) is 17.2. The van der Waals surface area contributed by atoms with Gasteiger partial charge in [0.1, 0.15) is 0 Å². The number of hydrogen-bond donors (Lipinski definition) is 3. The minimum atomic E-state index is -1.55. The van der Waals surface area contributed by atoms with E-state index < -0.39 is 7.12 Å². The zero-order valence-corrected chi connectivity index (χ0v) is 17.2. The van der Waals surface area contributed by atoms with Gasteiger partial charge in [0.2, 0.25) is 0 Å². The quantitative estimate of drug-likeness (QED) is 0.573. The van der Waals surface area contributed by atoms with Gasteiger partial charge in [0.05, 0.1) is 0 Å². The lowest BCUT2D eigenvalue weighted by Crippen LogP contribution is -2.38. The molecule has 3 N–H and O–H groups in total. The predicted molar refractivity (Wildman–Crippen MR) is 121 cm³/mol. The lowest BCUT2D eigenvalue weighted by molar-refractivity contribution is 0.0715. The second-order valence-electron chi connectivity index (χ2n) is 8.00. The van der Waals surface area contributed by atoms with Crippen molar-refractivity contribution in [2.24, 2.45) is 0 Å². The first-order valence-electron chi connectivity index (χ1n) is 10.5. The lowest BCUT2D eigenvalue weighted by Gasteiger charge is -2.32. The second-order valence-corrected chi connectivity index (χ2v) is 8.00. The van der Waals surface area contributed by atoms with Crippen molar-refractivity contribution in [3.63, 3.8) is 0 Å². The standard InChI is InChI=1S/C24H27BN2O3/c1-26-16-17-4-2-6-20(14-17)18-10-12-27(13-11-18)24(28)22-7-3-5-19-8-9-21(25(29)30)15-23(19)22/h2-9,14-15,18,26,29-30H,10-13,16H2,1H3. The Morgan fingerprint density at radius 1 is 1.07 bits per heavy atom. The predicted octanol–water partition coefficient (Wildman–Crippen LogP) is 2.26. The van der Waals surface area contributed by atoms with Crippen LogP contribution in [0.4, 0.5) is 0 Å². The molecule has 1 aliphatic heterocycles. The molecule has 0 radical (unpaired) electrons. The first-order valence-corrected chi connectivity index (χ1v) is 10.5. The number of likely N-dealkylation sites (tertiary alicyclic amines) is 1. The average Bonchev–Trinajstić information content (AvgIpc) is 2.78. The van der Waals surface area contributed by atoms with Crippen molar-refractivity contribution in [2.75, 3.05) is 20.1 Å². The summed E-state index contributed by atoms with van der Waals surface area (Å²) in [6.45, 7) is 2.30. The number of hydrogen-bond acceptors (Lipinski definition) is 4. The maximum absolute atomic E-state index is 13.3. The highest BCUT2D eigenvalue weighted by Gasteiger charge is 2.26. The second kappa shape index (κ2) is 9.00. The number of carbonyl (C=O) groups excluding carboxylic acids is 1. The van der Waals surface area contributed by atoms with Crippen molar-refractivity contribution in [3.8, 4) is 0 Å². The minimum Gasteiger partial charge on any atom is -0.423 e. The fourth-order valence-corrected chi connectivity index (χ4v) is 4.38. The fraction of sp³-hybridized carbons (Fsp3) is 0.292. The Morgan fingerprint density at radius 2 is 1.83 bits per heavy atom. The van der Waals surface area contributed by atoms with Crippen molar-refractivity contribution in [2.45, 2.75) is 25.3 Å². The van der Waals surface area contributed by atoms with E-state index in [1.165, 1.54) is 11.1 Å². The summed E-state index contributed by atoms with van der Waals surface area (Å²) < 4.78 is 0. The fourth-order valence-electron chi connectivity index (χ4n) is 4.38. The Morgan fingerprint density at radius 3 is 2.57 bits per heavy atom. The maximum Gasteiger partial charge on any atom is 0.488 e. The van der Waals surface area contributed by atoms with E-state index in [-0.39, 0.29) is 5.91 Å². The summed E-state index contributed by atoms with van der Waals surface area (Å²) in [7, 11) is 0.404. The number of amides is 1. The smallest absolute Gasteiger partial charge is 0.423 e. The molecule has 30 heavy (non-hydrogen) atoms. The highest BCUT2D eigenvalue weighted by atomic mass is 16.4. The van der Waals surface area contributed by atoms with Gasteiger partial charge in [0, 0.05) is 25.2 Å². The van der Waals surface area contributed by atoms with Crippen molar-refractivity contribution >= 4 is 29.3 Å². The number of carbonyl (C=O) groups is 1. The summed E-state index contributed by atoms with van der Waals surface area (Å²) in [5.74, 6) is 0.474. The minimum absolute atomic E-state index is 0.00700. The molecule has 3 aromatic rings. The molecule has 6 heteroatoms. The molecule has 0 bridgehead atoms. The van der Waals surface area contributed by atoms with E-state index in [9.17, 15) is 14.8 Å². The number of nitrogens with one attached hydrogen (secondary N) is 1. The van der Waals surface area contributed by atoms with Crippen LogP contribution in [0.1, 0.15) is 40.2 Å². The van der Waals surface area contributed by atoms with Crippen LogP contribution in [0.15, 0.2) is 60.7 Å². The van der Waals surface area contributed by atoms with Gasteiger partial charge >= 0.3 is 7.12 Å². The van der Waals surface area contributed by atoms with Crippen LogP contribution >= 0.6 is 0 Å². The van der Waals surface area contributed by atoms with Crippen molar-refractivity contribution < 1.29 is 14.8 Å². The Labute approximate surface area is 177 Å². The summed E-state index contributed by atoms with van der Waals surface area (Å²) in [5, 5.41) is 23.9. The van der Waals surface area contributed by atoms with Gasteiger partial charge in [0.15, 0.2) is 0 Å². The van der Waals surface area contributed by atoms with Gasteiger partial charge in [-0.3, -0.25) is 4.79 Å². The molecular weight excluding hydrogens is 375 g/mol. The first-order chi connectivity index (χ1) is 14.6. The Balaban J connectivity index is 1.51. The Hall–Kier alpha value is -2.67. The van der Waals surface area contributed by atoms with Crippen molar-refractivity contribution in [1.82, 2.24) is 10.2 Å². The van der Waals surface area contributed by atoms with E-state index in [2.05, 4.69) is 29.6 Å².